The molecular formula is C44H36N6S2. The Morgan fingerprint density at radius 2 is 0.500 bits per heavy atom. The predicted octanol–water partition coefficient (Wildman–Crippen LogP) is 12.6. The SMILES string of the molecule is Cc1ccc(N(c2ccc(C)cc2)c2ccc(-c3nnc(-c4nnc(-c5ccc(N(c6ccc(C)cc6)c6ccc(C)cc6)cc5)s4)s3)cc2)cc1. The van der Waals surface area contributed by atoms with Crippen LogP contribution in [0.3, 0.4) is 0 Å². The van der Waals surface area contributed by atoms with Gasteiger partial charge in [0.2, 0.25) is 0 Å². The summed E-state index contributed by atoms with van der Waals surface area (Å²) in [6.07, 6.45) is 0. The number of rotatable bonds is 9. The molecule has 0 saturated heterocycles. The summed E-state index contributed by atoms with van der Waals surface area (Å²) in [6, 6.07) is 51.5. The molecule has 0 unspecified atom stereocenters. The van der Waals surface area contributed by atoms with Crippen molar-refractivity contribution in [2.24, 2.45) is 0 Å². The summed E-state index contributed by atoms with van der Waals surface area (Å²) >= 11 is 3.05. The van der Waals surface area contributed by atoms with Gasteiger partial charge in [-0.15, -0.1) is 20.4 Å². The normalized spacial score (nSPS) is 11.1. The van der Waals surface area contributed by atoms with Gasteiger partial charge in [0, 0.05) is 45.3 Å². The monoisotopic (exact) mass is 712 g/mol. The Labute approximate surface area is 312 Å². The lowest BCUT2D eigenvalue weighted by Gasteiger charge is -2.26. The van der Waals surface area contributed by atoms with E-state index < -0.39 is 0 Å². The fourth-order valence-electron chi connectivity index (χ4n) is 6.03. The number of hydrogen-bond donors (Lipinski definition) is 0. The highest BCUT2D eigenvalue weighted by Crippen LogP contribution is 2.40. The van der Waals surface area contributed by atoms with E-state index in [0.29, 0.717) is 0 Å². The van der Waals surface area contributed by atoms with Crippen molar-refractivity contribution < 1.29 is 0 Å². The second kappa shape index (κ2) is 14.3. The van der Waals surface area contributed by atoms with E-state index in [4.69, 9.17) is 0 Å². The van der Waals surface area contributed by atoms with Crippen LogP contribution in [0.4, 0.5) is 34.1 Å². The predicted molar refractivity (Wildman–Crippen MR) is 218 cm³/mol. The molecule has 0 aliphatic rings. The molecule has 52 heavy (non-hydrogen) atoms. The van der Waals surface area contributed by atoms with E-state index in [9.17, 15) is 0 Å². The van der Waals surface area contributed by atoms with Crippen LogP contribution < -0.4 is 9.80 Å². The van der Waals surface area contributed by atoms with Crippen LogP contribution in [0.25, 0.3) is 31.2 Å². The van der Waals surface area contributed by atoms with Crippen LogP contribution in [-0.4, -0.2) is 20.4 Å². The maximum absolute atomic E-state index is 4.54. The van der Waals surface area contributed by atoms with Crippen molar-refractivity contribution in [2.75, 3.05) is 9.80 Å². The Morgan fingerprint density at radius 3 is 0.750 bits per heavy atom. The zero-order valence-electron chi connectivity index (χ0n) is 29.4. The molecule has 0 atom stereocenters. The Hall–Kier alpha value is -5.96. The molecule has 0 fully saturated rings. The largest absolute Gasteiger partial charge is 0.311 e. The molecule has 0 spiro atoms. The number of anilines is 6. The lowest BCUT2D eigenvalue weighted by Crippen LogP contribution is -2.09. The van der Waals surface area contributed by atoms with Gasteiger partial charge in [0.1, 0.15) is 10.0 Å². The molecule has 2 heterocycles. The Morgan fingerprint density at radius 1 is 0.288 bits per heavy atom. The van der Waals surface area contributed by atoms with Crippen LogP contribution in [0.5, 0.6) is 0 Å². The molecule has 0 amide bonds. The van der Waals surface area contributed by atoms with Gasteiger partial charge in [-0.05, 0) is 125 Å². The van der Waals surface area contributed by atoms with E-state index >= 15 is 0 Å². The molecule has 8 rings (SSSR count). The Bertz CT molecular complexity index is 2150. The number of nitrogens with zero attached hydrogens (tertiary/aromatic N) is 6. The van der Waals surface area contributed by atoms with Crippen molar-refractivity contribution in [1.29, 1.82) is 0 Å². The van der Waals surface area contributed by atoms with Gasteiger partial charge in [-0.25, -0.2) is 0 Å². The standard InChI is InChI=1S/C44H36N6S2/c1-29-5-17-35(18-6-29)49(36-19-7-30(2)8-20-36)39-25-13-33(14-26-39)41-45-47-43(51-41)44-48-46-42(52-44)34-15-27-40(28-16-34)50(37-21-9-31(3)10-22-37)38-23-11-32(4)12-24-38/h5-28H,1-4H3. The van der Waals surface area contributed by atoms with Crippen LogP contribution in [0.1, 0.15) is 22.3 Å². The smallest absolute Gasteiger partial charge is 0.178 e. The van der Waals surface area contributed by atoms with E-state index in [2.05, 4.69) is 203 Å². The maximum Gasteiger partial charge on any atom is 0.178 e. The molecule has 2 aromatic heterocycles. The summed E-state index contributed by atoms with van der Waals surface area (Å²) in [6.45, 7) is 8.44. The third-order valence-electron chi connectivity index (χ3n) is 8.95. The first kappa shape index (κ1) is 33.2. The molecule has 0 radical (unpaired) electrons. The molecule has 0 saturated carbocycles. The van der Waals surface area contributed by atoms with Gasteiger partial charge in [0.25, 0.3) is 0 Å². The highest BCUT2D eigenvalue weighted by atomic mass is 32.1. The zero-order chi connectivity index (χ0) is 35.6. The van der Waals surface area contributed by atoms with Gasteiger partial charge in [-0.2, -0.15) is 0 Å². The average molecular weight is 713 g/mol. The van der Waals surface area contributed by atoms with Gasteiger partial charge in [-0.3, -0.25) is 0 Å². The van der Waals surface area contributed by atoms with E-state index in [1.807, 2.05) is 0 Å². The summed E-state index contributed by atoms with van der Waals surface area (Å²) in [5, 5.41) is 21.3. The molecule has 8 aromatic rings. The second-order valence-corrected chi connectivity index (χ2v) is 14.9. The maximum atomic E-state index is 4.54. The van der Waals surface area contributed by atoms with Crippen LogP contribution in [0.15, 0.2) is 146 Å². The highest BCUT2D eigenvalue weighted by molar-refractivity contribution is 7.24. The van der Waals surface area contributed by atoms with Crippen molar-refractivity contribution in [3.8, 4) is 31.2 Å². The molecule has 0 aliphatic carbocycles. The van der Waals surface area contributed by atoms with Gasteiger partial charge in [0.05, 0.1) is 0 Å². The highest BCUT2D eigenvalue weighted by Gasteiger charge is 2.18. The molecule has 254 valence electrons. The molecule has 0 aliphatic heterocycles. The lowest BCUT2D eigenvalue weighted by molar-refractivity contribution is 1.06. The molecule has 0 bridgehead atoms. The third kappa shape index (κ3) is 6.99. The van der Waals surface area contributed by atoms with Crippen LogP contribution in [0.2, 0.25) is 0 Å². The van der Waals surface area contributed by atoms with Crippen molar-refractivity contribution in [2.45, 2.75) is 27.7 Å². The van der Waals surface area contributed by atoms with Crippen molar-refractivity contribution in [3.05, 3.63) is 168 Å². The van der Waals surface area contributed by atoms with Gasteiger partial charge in [0.15, 0.2) is 10.0 Å². The van der Waals surface area contributed by atoms with E-state index in [1.54, 1.807) is 0 Å². The zero-order valence-corrected chi connectivity index (χ0v) is 31.0. The first-order chi connectivity index (χ1) is 25.4. The summed E-state index contributed by atoms with van der Waals surface area (Å²) in [7, 11) is 0. The fraction of sp³-hybridized carbons (Fsp3) is 0.0909. The fourth-order valence-corrected chi connectivity index (χ4v) is 7.74. The summed E-state index contributed by atoms with van der Waals surface area (Å²) in [5.41, 5.74) is 13.5. The van der Waals surface area contributed by atoms with Gasteiger partial charge in [-0.1, -0.05) is 93.5 Å². The molecule has 6 nitrogen and oxygen atoms in total. The van der Waals surface area contributed by atoms with Crippen LogP contribution in [-0.2, 0) is 0 Å². The third-order valence-corrected chi connectivity index (χ3v) is 11.0. The number of benzene rings is 6. The number of hydrogen-bond acceptors (Lipinski definition) is 8. The molecule has 0 N–H and O–H groups in total. The lowest BCUT2D eigenvalue weighted by atomic mass is 10.1. The number of aryl methyl sites for hydroxylation is 4. The molecule has 6 aromatic carbocycles. The Kier molecular flexibility index (Phi) is 9.16. The molecular weight excluding hydrogens is 677 g/mol. The summed E-state index contributed by atoms with van der Waals surface area (Å²) < 4.78 is 0. The number of aromatic nitrogens is 4. The molecule has 8 heteroatoms. The van der Waals surface area contributed by atoms with Crippen molar-refractivity contribution >= 4 is 56.8 Å². The van der Waals surface area contributed by atoms with Crippen molar-refractivity contribution in [3.63, 3.8) is 0 Å². The average Bonchev–Trinajstić information content (AvgIpc) is 3.87. The van der Waals surface area contributed by atoms with Gasteiger partial charge >= 0.3 is 0 Å². The summed E-state index contributed by atoms with van der Waals surface area (Å²) in [5.74, 6) is 0. The van der Waals surface area contributed by atoms with Crippen LogP contribution in [0, 0.1) is 27.7 Å². The minimum atomic E-state index is 0.755. The summed E-state index contributed by atoms with van der Waals surface area (Å²) in [4.78, 5) is 4.54. The van der Waals surface area contributed by atoms with E-state index in [-0.39, 0.29) is 0 Å². The first-order valence-electron chi connectivity index (χ1n) is 17.1. The topological polar surface area (TPSA) is 58.0 Å². The van der Waals surface area contributed by atoms with E-state index in [0.717, 1.165) is 65.3 Å². The van der Waals surface area contributed by atoms with E-state index in [1.165, 1.54) is 44.9 Å². The minimum Gasteiger partial charge on any atom is -0.311 e. The Balaban J connectivity index is 1.02. The second-order valence-electron chi connectivity index (χ2n) is 12.9. The minimum absolute atomic E-state index is 0.755. The first-order valence-corrected chi connectivity index (χ1v) is 18.8. The van der Waals surface area contributed by atoms with Gasteiger partial charge < -0.3 is 9.80 Å². The quantitative estimate of drug-likeness (QED) is 0.148. The van der Waals surface area contributed by atoms with Crippen LogP contribution >= 0.6 is 22.7 Å². The van der Waals surface area contributed by atoms with Crippen molar-refractivity contribution in [1.82, 2.24) is 20.4 Å².